The van der Waals surface area contributed by atoms with Crippen LogP contribution in [0.5, 0.6) is 5.75 Å². The SMILES string of the molecule is CC(=O)OOc1ccc(C)c(C)c1N1C[C@@H](O)[C@H](NC2CCN(Cc3ccc(Cl)cc3)CC2)C1.O=C(O)C(F)(F)F. The highest BCUT2D eigenvalue weighted by Crippen LogP contribution is 2.36. The maximum absolute atomic E-state index is 11.2. The topological polar surface area (TPSA) is 112 Å². The number of halogens is 4. The summed E-state index contributed by atoms with van der Waals surface area (Å²) in [5, 5.41) is 22.4. The molecule has 0 saturated carbocycles. The van der Waals surface area contributed by atoms with Crippen LogP contribution in [-0.2, 0) is 21.0 Å². The number of anilines is 1. The molecular weight excluding hydrogens is 567 g/mol. The Morgan fingerprint density at radius 1 is 1.07 bits per heavy atom. The first kappa shape index (κ1) is 32.5. The van der Waals surface area contributed by atoms with Crippen molar-refractivity contribution in [1.29, 1.82) is 0 Å². The second-order valence-electron chi connectivity index (χ2n) is 10.2. The normalized spacial score (nSPS) is 19.9. The molecule has 226 valence electrons. The van der Waals surface area contributed by atoms with E-state index in [4.69, 9.17) is 31.3 Å². The van der Waals surface area contributed by atoms with Gasteiger partial charge in [0.2, 0.25) is 5.75 Å². The molecule has 2 aromatic carbocycles. The first-order valence-corrected chi connectivity index (χ1v) is 13.5. The molecule has 0 bridgehead atoms. The fraction of sp³-hybridized carbons (Fsp3) is 0.500. The fourth-order valence-electron chi connectivity index (χ4n) is 4.88. The molecule has 2 aliphatic heterocycles. The van der Waals surface area contributed by atoms with E-state index in [0.29, 0.717) is 24.9 Å². The molecule has 9 nitrogen and oxygen atoms in total. The van der Waals surface area contributed by atoms with Crippen molar-refractivity contribution in [2.24, 2.45) is 0 Å². The van der Waals surface area contributed by atoms with Gasteiger partial charge in [0.05, 0.1) is 17.8 Å². The highest BCUT2D eigenvalue weighted by molar-refractivity contribution is 6.30. The number of hydrogen-bond donors (Lipinski definition) is 3. The molecule has 2 aliphatic rings. The van der Waals surface area contributed by atoms with Crippen LogP contribution in [0.25, 0.3) is 0 Å². The van der Waals surface area contributed by atoms with Crippen LogP contribution in [-0.4, -0.2) is 77.6 Å². The number of hydrogen-bond acceptors (Lipinski definition) is 8. The first-order valence-electron chi connectivity index (χ1n) is 13.2. The summed E-state index contributed by atoms with van der Waals surface area (Å²) in [6.07, 6.45) is -3.49. The van der Waals surface area contributed by atoms with Crippen molar-refractivity contribution in [3.05, 3.63) is 58.1 Å². The number of aliphatic hydroxyl groups is 1. The molecule has 2 saturated heterocycles. The van der Waals surface area contributed by atoms with Gasteiger partial charge in [0, 0.05) is 37.6 Å². The number of aliphatic carboxylic acids is 1. The average Bonchev–Trinajstić information content (AvgIpc) is 3.26. The number of benzene rings is 2. The van der Waals surface area contributed by atoms with Crippen molar-refractivity contribution < 1.29 is 42.7 Å². The lowest BCUT2D eigenvalue weighted by molar-refractivity contribution is -0.210. The third kappa shape index (κ3) is 9.49. The van der Waals surface area contributed by atoms with Gasteiger partial charge in [-0.15, -0.1) is 0 Å². The number of rotatable bonds is 7. The largest absolute Gasteiger partial charge is 0.490 e. The third-order valence-electron chi connectivity index (χ3n) is 7.12. The summed E-state index contributed by atoms with van der Waals surface area (Å²) in [5.41, 5.74) is 4.30. The van der Waals surface area contributed by atoms with E-state index < -0.39 is 24.2 Å². The second kappa shape index (κ2) is 14.2. The predicted molar refractivity (Wildman–Crippen MR) is 147 cm³/mol. The van der Waals surface area contributed by atoms with Crippen LogP contribution >= 0.6 is 11.6 Å². The average molecular weight is 602 g/mol. The highest BCUT2D eigenvalue weighted by atomic mass is 35.5. The Morgan fingerprint density at radius 3 is 2.24 bits per heavy atom. The molecule has 2 aromatic rings. The van der Waals surface area contributed by atoms with Gasteiger partial charge >= 0.3 is 18.1 Å². The Labute approximate surface area is 241 Å². The summed E-state index contributed by atoms with van der Waals surface area (Å²) in [4.78, 5) is 34.9. The Balaban J connectivity index is 0.000000587. The molecule has 0 unspecified atom stereocenters. The number of carboxylic acids is 1. The number of carbonyl (C=O) groups excluding carboxylic acids is 1. The number of alkyl halides is 3. The van der Waals surface area contributed by atoms with Crippen molar-refractivity contribution >= 4 is 29.2 Å². The van der Waals surface area contributed by atoms with Crippen LogP contribution in [0.15, 0.2) is 36.4 Å². The van der Waals surface area contributed by atoms with Crippen molar-refractivity contribution in [3.8, 4) is 5.75 Å². The predicted octanol–water partition coefficient (Wildman–Crippen LogP) is 4.25. The van der Waals surface area contributed by atoms with E-state index in [1.807, 2.05) is 38.1 Å². The molecule has 0 aromatic heterocycles. The van der Waals surface area contributed by atoms with E-state index >= 15 is 0 Å². The van der Waals surface area contributed by atoms with Gasteiger partial charge in [0.15, 0.2) is 0 Å². The maximum Gasteiger partial charge on any atom is 0.490 e. The smallest absolute Gasteiger partial charge is 0.475 e. The number of aliphatic hydroxyl groups excluding tert-OH is 1. The summed E-state index contributed by atoms with van der Waals surface area (Å²) in [7, 11) is 0. The van der Waals surface area contributed by atoms with E-state index in [0.717, 1.165) is 54.3 Å². The molecule has 41 heavy (non-hydrogen) atoms. The fourth-order valence-corrected chi connectivity index (χ4v) is 5.01. The van der Waals surface area contributed by atoms with Crippen LogP contribution in [0, 0.1) is 13.8 Å². The van der Waals surface area contributed by atoms with Gasteiger partial charge in [-0.1, -0.05) is 29.8 Å². The number of aryl methyl sites for hydroxylation is 1. The molecule has 0 spiro atoms. The van der Waals surface area contributed by atoms with Gasteiger partial charge < -0.3 is 20.4 Å². The van der Waals surface area contributed by atoms with E-state index in [1.165, 1.54) is 12.5 Å². The van der Waals surface area contributed by atoms with E-state index in [9.17, 15) is 23.1 Å². The van der Waals surface area contributed by atoms with E-state index in [2.05, 4.69) is 27.2 Å². The van der Waals surface area contributed by atoms with Crippen LogP contribution in [0.4, 0.5) is 18.9 Å². The Morgan fingerprint density at radius 2 is 1.68 bits per heavy atom. The zero-order chi connectivity index (χ0) is 30.3. The summed E-state index contributed by atoms with van der Waals surface area (Å²) in [6, 6.07) is 12.1. The quantitative estimate of drug-likeness (QED) is 0.317. The summed E-state index contributed by atoms with van der Waals surface area (Å²) < 4.78 is 31.7. The Kier molecular flexibility index (Phi) is 11.3. The van der Waals surface area contributed by atoms with Gasteiger partial charge in [-0.25, -0.2) is 9.59 Å². The molecule has 2 heterocycles. The molecule has 4 rings (SSSR count). The Hall–Kier alpha value is -3.06. The third-order valence-corrected chi connectivity index (χ3v) is 7.37. The van der Waals surface area contributed by atoms with Crippen molar-refractivity contribution in [1.82, 2.24) is 10.2 Å². The van der Waals surface area contributed by atoms with Gasteiger partial charge in [0.1, 0.15) is 0 Å². The number of carboxylic acid groups (broad SMARTS) is 1. The van der Waals surface area contributed by atoms with Gasteiger partial charge in [-0.05, 0) is 74.7 Å². The first-order chi connectivity index (χ1) is 19.2. The van der Waals surface area contributed by atoms with Crippen molar-refractivity contribution in [3.63, 3.8) is 0 Å². The summed E-state index contributed by atoms with van der Waals surface area (Å²) in [5.74, 6) is -2.78. The monoisotopic (exact) mass is 601 g/mol. The minimum Gasteiger partial charge on any atom is -0.475 e. The zero-order valence-electron chi connectivity index (χ0n) is 23.1. The maximum atomic E-state index is 11.2. The Bertz CT molecular complexity index is 1190. The molecule has 0 amide bonds. The number of likely N-dealkylation sites (tertiary alicyclic amines) is 1. The summed E-state index contributed by atoms with van der Waals surface area (Å²) >= 11 is 6.00. The standard InChI is InChI=1S/C26H34ClN3O4.C2HF3O2/c1-17-4-9-25(34-33-19(3)31)26(18(17)2)30-15-23(24(32)16-30)28-22-10-12-29(13-11-22)14-20-5-7-21(27)8-6-20;3-2(4,5)1(6)7/h4-9,22-24,28,32H,10-16H2,1-3H3;(H,6,7)/t23-,24-;/m1./s1. The number of nitrogens with one attached hydrogen (secondary N) is 1. The van der Waals surface area contributed by atoms with Crippen molar-refractivity contribution in [2.75, 3.05) is 31.1 Å². The highest BCUT2D eigenvalue weighted by Gasteiger charge is 2.38. The lowest BCUT2D eigenvalue weighted by Gasteiger charge is -2.34. The molecule has 0 radical (unpaired) electrons. The second-order valence-corrected chi connectivity index (χ2v) is 10.7. The number of carbonyl (C=O) groups is 2. The number of β-amino-alcohol motifs (C(OH)–C–C–N with tert-alkyl or cyclic N) is 1. The number of nitrogens with zero attached hydrogens (tertiary/aromatic N) is 2. The zero-order valence-corrected chi connectivity index (χ0v) is 23.8. The van der Waals surface area contributed by atoms with Crippen LogP contribution in [0.2, 0.25) is 5.02 Å². The van der Waals surface area contributed by atoms with Crippen LogP contribution < -0.4 is 15.1 Å². The minimum atomic E-state index is -5.08. The van der Waals surface area contributed by atoms with Gasteiger partial charge in [-0.2, -0.15) is 13.2 Å². The minimum absolute atomic E-state index is 0.0331. The molecule has 2 fully saturated rings. The molecular formula is C28H35ClF3N3O6. The summed E-state index contributed by atoms with van der Waals surface area (Å²) in [6.45, 7) is 9.49. The van der Waals surface area contributed by atoms with Crippen LogP contribution in [0.3, 0.4) is 0 Å². The number of piperidine rings is 1. The van der Waals surface area contributed by atoms with Gasteiger partial charge in [-0.3, -0.25) is 14.7 Å². The van der Waals surface area contributed by atoms with Crippen LogP contribution in [0.1, 0.15) is 36.5 Å². The van der Waals surface area contributed by atoms with Crippen molar-refractivity contribution in [2.45, 2.75) is 64.5 Å². The van der Waals surface area contributed by atoms with E-state index in [-0.39, 0.29) is 6.04 Å². The molecule has 2 atom stereocenters. The lowest BCUT2D eigenvalue weighted by atomic mass is 10.0. The molecule has 0 aliphatic carbocycles. The van der Waals surface area contributed by atoms with E-state index in [1.54, 1.807) is 0 Å². The molecule has 3 N–H and O–H groups in total. The lowest BCUT2D eigenvalue weighted by Crippen LogP contribution is -2.49. The van der Waals surface area contributed by atoms with Gasteiger partial charge in [0.25, 0.3) is 0 Å². The molecule has 13 heteroatoms.